The van der Waals surface area contributed by atoms with E-state index in [0.29, 0.717) is 24.3 Å². The maximum Gasteiger partial charge on any atom is 0.163 e. The van der Waals surface area contributed by atoms with Crippen molar-refractivity contribution in [2.75, 3.05) is 0 Å². The topological polar surface area (TPSA) is 68.3 Å². The van der Waals surface area contributed by atoms with Gasteiger partial charge < -0.3 is 0 Å². The molecule has 32 heavy (non-hydrogen) atoms. The standard InChI is InChI=1S/C25H34O4.C3H8/c1-6-19(7-2)21(14-22(28)10-15(3)26)12-18-11-20-8-9-23(17(5)27)16(4)25(20)24(29)13-18;1-3-2/h8-9,18-19,21H,6-7,10-14H2,1-5H3;3H2,1-2H3. The van der Waals surface area contributed by atoms with E-state index >= 15 is 0 Å². The van der Waals surface area contributed by atoms with Crippen LogP contribution in [0.25, 0.3) is 0 Å². The minimum Gasteiger partial charge on any atom is -0.300 e. The average Bonchev–Trinajstić information content (AvgIpc) is 2.68. The molecule has 1 aliphatic carbocycles. The first-order chi connectivity index (χ1) is 15.1. The summed E-state index contributed by atoms with van der Waals surface area (Å²) >= 11 is 0. The Hall–Kier alpha value is -2.10. The number of hydrogen-bond acceptors (Lipinski definition) is 4. The highest BCUT2D eigenvalue weighted by Gasteiger charge is 2.32. The molecule has 1 aromatic rings. The Kier molecular flexibility index (Phi) is 11.7. The molecule has 2 rings (SSSR count). The van der Waals surface area contributed by atoms with Gasteiger partial charge in [0, 0.05) is 24.0 Å². The van der Waals surface area contributed by atoms with E-state index < -0.39 is 0 Å². The highest BCUT2D eigenvalue weighted by molar-refractivity contribution is 6.04. The smallest absolute Gasteiger partial charge is 0.163 e. The minimum absolute atomic E-state index is 0.0100. The number of fused-ring (bicyclic) bond motifs is 1. The van der Waals surface area contributed by atoms with Crippen LogP contribution < -0.4 is 0 Å². The molecule has 0 bridgehead atoms. The molecule has 4 heteroatoms. The maximum absolute atomic E-state index is 12.9. The van der Waals surface area contributed by atoms with Crippen LogP contribution in [0.4, 0.5) is 0 Å². The van der Waals surface area contributed by atoms with E-state index in [1.807, 2.05) is 19.1 Å². The van der Waals surface area contributed by atoms with Gasteiger partial charge in [-0.2, -0.15) is 0 Å². The second kappa shape index (κ2) is 13.4. The Morgan fingerprint density at radius 3 is 2.06 bits per heavy atom. The Balaban J connectivity index is 0.00000161. The molecule has 0 saturated carbocycles. The first kappa shape index (κ1) is 27.9. The highest BCUT2D eigenvalue weighted by Crippen LogP contribution is 2.37. The van der Waals surface area contributed by atoms with Gasteiger partial charge in [0.25, 0.3) is 0 Å². The number of rotatable bonds is 10. The van der Waals surface area contributed by atoms with Crippen molar-refractivity contribution in [3.8, 4) is 0 Å². The second-order valence-corrected chi connectivity index (χ2v) is 9.43. The summed E-state index contributed by atoms with van der Waals surface area (Å²) in [5, 5.41) is 0. The van der Waals surface area contributed by atoms with Gasteiger partial charge >= 0.3 is 0 Å². The first-order valence-corrected chi connectivity index (χ1v) is 12.3. The highest BCUT2D eigenvalue weighted by atomic mass is 16.1. The molecule has 2 atom stereocenters. The summed E-state index contributed by atoms with van der Waals surface area (Å²) in [4.78, 5) is 48.4. The Labute approximate surface area is 194 Å². The summed E-state index contributed by atoms with van der Waals surface area (Å²) in [6.07, 6.45) is 5.76. The number of carbonyl (C=O) groups excluding carboxylic acids is 4. The molecule has 0 N–H and O–H groups in total. The van der Waals surface area contributed by atoms with Gasteiger partial charge in [-0.15, -0.1) is 0 Å². The summed E-state index contributed by atoms with van der Waals surface area (Å²) in [6.45, 7) is 13.4. The average molecular weight is 443 g/mol. The van der Waals surface area contributed by atoms with E-state index in [2.05, 4.69) is 27.7 Å². The van der Waals surface area contributed by atoms with Crippen molar-refractivity contribution in [3.05, 3.63) is 34.4 Å². The van der Waals surface area contributed by atoms with Gasteiger partial charge in [-0.1, -0.05) is 59.1 Å². The molecule has 0 heterocycles. The predicted molar refractivity (Wildman–Crippen MR) is 130 cm³/mol. The fourth-order valence-electron chi connectivity index (χ4n) is 5.09. The van der Waals surface area contributed by atoms with Gasteiger partial charge in [0.05, 0.1) is 6.42 Å². The van der Waals surface area contributed by atoms with Crippen LogP contribution >= 0.6 is 0 Å². The lowest BCUT2D eigenvalue weighted by Gasteiger charge is -2.32. The first-order valence-electron chi connectivity index (χ1n) is 12.3. The Morgan fingerprint density at radius 1 is 0.969 bits per heavy atom. The van der Waals surface area contributed by atoms with Crippen LogP contribution in [0, 0.1) is 24.7 Å². The lowest BCUT2D eigenvalue weighted by molar-refractivity contribution is -0.126. The normalized spacial score (nSPS) is 16.1. The molecule has 0 radical (unpaired) electrons. The Bertz CT molecular complexity index is 817. The molecule has 1 aliphatic rings. The van der Waals surface area contributed by atoms with Gasteiger partial charge in [-0.3, -0.25) is 19.2 Å². The zero-order chi connectivity index (χ0) is 24.4. The van der Waals surface area contributed by atoms with E-state index in [1.54, 1.807) is 0 Å². The molecule has 4 nitrogen and oxygen atoms in total. The van der Waals surface area contributed by atoms with Crippen molar-refractivity contribution in [2.45, 2.75) is 99.8 Å². The van der Waals surface area contributed by atoms with Gasteiger partial charge in [0.15, 0.2) is 11.6 Å². The van der Waals surface area contributed by atoms with Crippen molar-refractivity contribution < 1.29 is 19.2 Å². The summed E-state index contributed by atoms with van der Waals surface area (Å²) in [7, 11) is 0. The fraction of sp³-hybridized carbons (Fsp3) is 0.643. The van der Waals surface area contributed by atoms with Crippen LogP contribution in [0.2, 0.25) is 0 Å². The SMILES string of the molecule is CCC.CCC(CC)C(CC(=O)CC(C)=O)CC1CC(=O)c2c(ccc(C(C)=O)c2C)C1. The van der Waals surface area contributed by atoms with Gasteiger partial charge in [-0.25, -0.2) is 0 Å². The van der Waals surface area contributed by atoms with Crippen LogP contribution in [0.3, 0.4) is 0 Å². The Morgan fingerprint density at radius 2 is 1.56 bits per heavy atom. The van der Waals surface area contributed by atoms with Crippen LogP contribution in [-0.4, -0.2) is 23.1 Å². The number of ketones is 4. The molecular weight excluding hydrogens is 400 g/mol. The lowest BCUT2D eigenvalue weighted by atomic mass is 9.72. The minimum atomic E-state index is -0.0863. The zero-order valence-corrected chi connectivity index (χ0v) is 21.2. The molecule has 2 unspecified atom stereocenters. The molecule has 1 aromatic carbocycles. The van der Waals surface area contributed by atoms with Gasteiger partial charge in [-0.05, 0) is 62.5 Å². The van der Waals surface area contributed by atoms with Crippen LogP contribution in [0.5, 0.6) is 0 Å². The van der Waals surface area contributed by atoms with Crippen molar-refractivity contribution in [3.63, 3.8) is 0 Å². The van der Waals surface area contributed by atoms with E-state index in [0.717, 1.165) is 42.4 Å². The summed E-state index contributed by atoms with van der Waals surface area (Å²) in [5.74, 6) is 0.843. The van der Waals surface area contributed by atoms with Gasteiger partial charge in [0.1, 0.15) is 11.6 Å². The molecule has 0 aromatic heterocycles. The van der Waals surface area contributed by atoms with Crippen molar-refractivity contribution in [2.24, 2.45) is 17.8 Å². The predicted octanol–water partition coefficient (Wildman–Crippen LogP) is 6.74. The molecular formula is C28H42O4. The van der Waals surface area contributed by atoms with E-state index in [-0.39, 0.29) is 41.4 Å². The third-order valence-corrected chi connectivity index (χ3v) is 6.48. The van der Waals surface area contributed by atoms with E-state index in [9.17, 15) is 19.2 Å². The third-order valence-electron chi connectivity index (χ3n) is 6.48. The number of hydrogen-bond donors (Lipinski definition) is 0. The molecule has 0 amide bonds. The molecule has 0 saturated heterocycles. The third kappa shape index (κ3) is 7.79. The fourth-order valence-corrected chi connectivity index (χ4v) is 5.09. The zero-order valence-electron chi connectivity index (χ0n) is 21.2. The van der Waals surface area contributed by atoms with E-state index in [4.69, 9.17) is 0 Å². The van der Waals surface area contributed by atoms with Crippen molar-refractivity contribution in [1.29, 1.82) is 0 Å². The molecule has 0 spiro atoms. The molecule has 0 fully saturated rings. The monoisotopic (exact) mass is 442 g/mol. The number of carbonyl (C=O) groups is 4. The quantitative estimate of drug-likeness (QED) is 0.297. The second-order valence-electron chi connectivity index (χ2n) is 9.43. The lowest BCUT2D eigenvalue weighted by Crippen LogP contribution is -2.27. The summed E-state index contributed by atoms with van der Waals surface area (Å²) < 4.78 is 0. The number of Topliss-reactive ketones (excluding diaryl/α,β-unsaturated/α-hetero) is 4. The maximum atomic E-state index is 12.9. The number of benzene rings is 1. The van der Waals surface area contributed by atoms with Gasteiger partial charge in [0.2, 0.25) is 0 Å². The molecule has 0 aliphatic heterocycles. The van der Waals surface area contributed by atoms with Crippen molar-refractivity contribution in [1.82, 2.24) is 0 Å². The summed E-state index contributed by atoms with van der Waals surface area (Å²) in [6, 6.07) is 3.76. The summed E-state index contributed by atoms with van der Waals surface area (Å²) in [5.41, 5.74) is 3.17. The van der Waals surface area contributed by atoms with Crippen LogP contribution in [-0.2, 0) is 16.0 Å². The van der Waals surface area contributed by atoms with Crippen LogP contribution in [0.15, 0.2) is 12.1 Å². The van der Waals surface area contributed by atoms with Crippen molar-refractivity contribution >= 4 is 23.1 Å². The van der Waals surface area contributed by atoms with Crippen LogP contribution in [0.1, 0.15) is 118 Å². The van der Waals surface area contributed by atoms with E-state index in [1.165, 1.54) is 20.3 Å². The molecule has 178 valence electrons. The largest absolute Gasteiger partial charge is 0.300 e.